The number of hydrogen-bond acceptors (Lipinski definition) is 5. The van der Waals surface area contributed by atoms with Crippen molar-refractivity contribution in [3.63, 3.8) is 0 Å². The number of aromatic nitrogens is 2. The summed E-state index contributed by atoms with van der Waals surface area (Å²) >= 11 is 11.7. The van der Waals surface area contributed by atoms with E-state index in [1.807, 2.05) is 31.2 Å². The number of hydrogen-bond donors (Lipinski definition) is 1. The van der Waals surface area contributed by atoms with Crippen LogP contribution < -0.4 is 4.72 Å². The minimum Gasteiger partial charge on any atom is -0.338 e. The van der Waals surface area contributed by atoms with Crippen LogP contribution in [0.25, 0.3) is 11.4 Å². The van der Waals surface area contributed by atoms with Gasteiger partial charge in [0.15, 0.2) is 0 Å². The van der Waals surface area contributed by atoms with Gasteiger partial charge in [0.05, 0.1) is 22.3 Å². The second-order valence-electron chi connectivity index (χ2n) is 5.71. The van der Waals surface area contributed by atoms with Crippen molar-refractivity contribution in [2.24, 2.45) is 0 Å². The van der Waals surface area contributed by atoms with Crippen molar-refractivity contribution in [2.45, 2.75) is 19.2 Å². The van der Waals surface area contributed by atoms with Crippen LogP contribution in [0.1, 0.15) is 17.0 Å². The quantitative estimate of drug-likeness (QED) is 0.662. The number of sulfonamides is 1. The highest BCUT2D eigenvalue weighted by atomic mass is 35.5. The molecular weight excluding hydrogens is 397 g/mol. The summed E-state index contributed by atoms with van der Waals surface area (Å²) in [5.41, 5.74) is 2.44. The molecule has 2 aromatic carbocycles. The van der Waals surface area contributed by atoms with E-state index in [1.165, 1.54) is 6.07 Å². The Morgan fingerprint density at radius 2 is 1.81 bits per heavy atom. The molecule has 9 heteroatoms. The van der Waals surface area contributed by atoms with E-state index in [0.717, 1.165) is 11.1 Å². The molecule has 0 fully saturated rings. The molecule has 3 rings (SSSR count). The zero-order chi connectivity index (χ0) is 18.7. The van der Waals surface area contributed by atoms with Crippen LogP contribution in [0, 0.1) is 6.92 Å². The summed E-state index contributed by atoms with van der Waals surface area (Å²) < 4.78 is 31.9. The first-order valence-electron chi connectivity index (χ1n) is 7.63. The van der Waals surface area contributed by atoms with Crippen LogP contribution in [-0.2, 0) is 22.3 Å². The molecule has 0 spiro atoms. The molecule has 0 saturated carbocycles. The molecule has 0 amide bonds. The number of halogens is 2. The van der Waals surface area contributed by atoms with E-state index in [1.54, 1.807) is 12.1 Å². The predicted molar refractivity (Wildman–Crippen MR) is 100 cm³/mol. The van der Waals surface area contributed by atoms with Crippen molar-refractivity contribution in [3.8, 4) is 11.4 Å². The van der Waals surface area contributed by atoms with Crippen LogP contribution in [0.4, 0.5) is 0 Å². The van der Waals surface area contributed by atoms with Crippen molar-refractivity contribution in [1.82, 2.24) is 14.9 Å². The summed E-state index contributed by atoms with van der Waals surface area (Å²) in [6.07, 6.45) is 0. The number of nitrogens with one attached hydrogen (secondary N) is 1. The lowest BCUT2D eigenvalue weighted by molar-refractivity contribution is 0.376. The first-order valence-corrected chi connectivity index (χ1v) is 10.0. The number of rotatable bonds is 6. The van der Waals surface area contributed by atoms with Gasteiger partial charge >= 0.3 is 0 Å². The van der Waals surface area contributed by atoms with Crippen LogP contribution >= 0.6 is 23.2 Å². The van der Waals surface area contributed by atoms with Gasteiger partial charge < -0.3 is 4.52 Å². The SMILES string of the molecule is Cc1ccc(-c2noc(CNS(=O)(=O)Cc3ccc(Cl)c(Cl)c3)n2)cc1. The Morgan fingerprint density at radius 1 is 1.08 bits per heavy atom. The first-order chi connectivity index (χ1) is 12.3. The Morgan fingerprint density at radius 3 is 2.50 bits per heavy atom. The molecule has 0 unspecified atom stereocenters. The van der Waals surface area contributed by atoms with Gasteiger partial charge in [0.25, 0.3) is 0 Å². The molecule has 0 aliphatic rings. The summed E-state index contributed by atoms with van der Waals surface area (Å²) in [7, 11) is -3.60. The van der Waals surface area contributed by atoms with Gasteiger partial charge in [-0.1, -0.05) is 64.3 Å². The van der Waals surface area contributed by atoms with Crippen molar-refractivity contribution >= 4 is 33.2 Å². The fraction of sp³-hybridized carbons (Fsp3) is 0.176. The highest BCUT2D eigenvalue weighted by Crippen LogP contribution is 2.23. The van der Waals surface area contributed by atoms with Crippen molar-refractivity contribution in [1.29, 1.82) is 0 Å². The molecule has 1 N–H and O–H groups in total. The minimum atomic E-state index is -3.60. The van der Waals surface area contributed by atoms with Gasteiger partial charge in [-0.15, -0.1) is 0 Å². The van der Waals surface area contributed by atoms with E-state index >= 15 is 0 Å². The Hall–Kier alpha value is -1.93. The maximum atomic E-state index is 12.2. The topological polar surface area (TPSA) is 85.1 Å². The Labute approximate surface area is 161 Å². The zero-order valence-electron chi connectivity index (χ0n) is 13.7. The predicted octanol–water partition coefficient (Wildman–Crippen LogP) is 3.97. The summed E-state index contributed by atoms with van der Waals surface area (Å²) in [6.45, 7) is 1.89. The monoisotopic (exact) mass is 411 g/mol. The lowest BCUT2D eigenvalue weighted by Gasteiger charge is -2.05. The van der Waals surface area contributed by atoms with Gasteiger partial charge in [0.2, 0.25) is 21.7 Å². The third-order valence-corrected chi connectivity index (χ3v) is 5.60. The normalized spacial score (nSPS) is 11.7. The fourth-order valence-electron chi connectivity index (χ4n) is 2.22. The van der Waals surface area contributed by atoms with Crippen LogP contribution in [0.5, 0.6) is 0 Å². The fourth-order valence-corrected chi connectivity index (χ4v) is 3.60. The molecule has 0 aliphatic heterocycles. The summed E-state index contributed by atoms with van der Waals surface area (Å²) in [5, 5.41) is 4.54. The molecule has 3 aromatic rings. The summed E-state index contributed by atoms with van der Waals surface area (Å²) in [5.74, 6) is 0.352. The largest absolute Gasteiger partial charge is 0.338 e. The Balaban J connectivity index is 1.64. The molecule has 136 valence electrons. The van der Waals surface area contributed by atoms with E-state index in [4.69, 9.17) is 27.7 Å². The summed E-state index contributed by atoms with van der Waals surface area (Å²) in [4.78, 5) is 4.20. The van der Waals surface area contributed by atoms with Crippen LogP contribution in [0.15, 0.2) is 47.0 Å². The Bertz CT molecular complexity index is 1020. The van der Waals surface area contributed by atoms with Gasteiger partial charge in [-0.25, -0.2) is 13.1 Å². The van der Waals surface area contributed by atoms with Gasteiger partial charge in [-0.05, 0) is 24.6 Å². The van der Waals surface area contributed by atoms with Crippen LogP contribution in [0.3, 0.4) is 0 Å². The van der Waals surface area contributed by atoms with E-state index < -0.39 is 10.0 Å². The standard InChI is InChI=1S/C17H15Cl2N3O3S/c1-11-2-5-13(6-3-11)17-21-16(25-22-17)9-20-26(23,24)10-12-4-7-14(18)15(19)8-12/h2-8,20H,9-10H2,1H3. The lowest BCUT2D eigenvalue weighted by atomic mass is 10.1. The Kier molecular flexibility index (Phi) is 5.62. The molecule has 1 aromatic heterocycles. The maximum absolute atomic E-state index is 12.2. The van der Waals surface area contributed by atoms with Crippen molar-refractivity contribution in [2.75, 3.05) is 0 Å². The van der Waals surface area contributed by atoms with Crippen molar-refractivity contribution in [3.05, 3.63) is 69.5 Å². The average Bonchev–Trinajstić information content (AvgIpc) is 3.06. The molecular formula is C17H15Cl2N3O3S. The zero-order valence-corrected chi connectivity index (χ0v) is 16.1. The van der Waals surface area contributed by atoms with E-state index in [-0.39, 0.29) is 18.2 Å². The molecule has 0 saturated heterocycles. The molecule has 0 atom stereocenters. The number of nitrogens with zero attached hydrogens (tertiary/aromatic N) is 2. The number of aryl methyl sites for hydroxylation is 1. The lowest BCUT2D eigenvalue weighted by Crippen LogP contribution is -2.24. The molecule has 0 bridgehead atoms. The first kappa shape index (κ1) is 18.8. The third kappa shape index (κ3) is 4.82. The number of benzene rings is 2. The third-order valence-electron chi connectivity index (χ3n) is 3.56. The van der Waals surface area contributed by atoms with Gasteiger partial charge in [-0.3, -0.25) is 0 Å². The van der Waals surface area contributed by atoms with Crippen molar-refractivity contribution < 1.29 is 12.9 Å². The van der Waals surface area contributed by atoms with E-state index in [0.29, 0.717) is 21.4 Å². The molecule has 0 aliphatic carbocycles. The average molecular weight is 412 g/mol. The second-order valence-corrected chi connectivity index (χ2v) is 8.33. The molecule has 1 heterocycles. The van der Waals surface area contributed by atoms with Crippen LogP contribution in [-0.4, -0.2) is 18.6 Å². The van der Waals surface area contributed by atoms with Crippen LogP contribution in [0.2, 0.25) is 10.0 Å². The van der Waals surface area contributed by atoms with Gasteiger partial charge in [0.1, 0.15) is 0 Å². The van der Waals surface area contributed by atoms with E-state index in [2.05, 4.69) is 14.9 Å². The highest BCUT2D eigenvalue weighted by molar-refractivity contribution is 7.88. The molecule has 26 heavy (non-hydrogen) atoms. The van der Waals surface area contributed by atoms with E-state index in [9.17, 15) is 8.42 Å². The minimum absolute atomic E-state index is 0.0947. The highest BCUT2D eigenvalue weighted by Gasteiger charge is 2.15. The molecule has 6 nitrogen and oxygen atoms in total. The smallest absolute Gasteiger partial charge is 0.242 e. The summed E-state index contributed by atoms with van der Waals surface area (Å²) in [6, 6.07) is 12.3. The van der Waals surface area contributed by atoms with Gasteiger partial charge in [-0.2, -0.15) is 4.98 Å². The molecule has 0 radical (unpaired) electrons. The van der Waals surface area contributed by atoms with Gasteiger partial charge in [0, 0.05) is 5.56 Å². The second kappa shape index (κ2) is 7.75. The maximum Gasteiger partial charge on any atom is 0.242 e.